The summed E-state index contributed by atoms with van der Waals surface area (Å²) in [6, 6.07) is 0.461. The standard InChI is InChI=1S/C11H17N3O3/c1-7(10(15)16-3)6-14(2)11-12-9(13-17-11)8-4-5-8/h7-8H,4-6H2,1-3H3. The fourth-order valence-corrected chi connectivity index (χ4v) is 1.65. The molecule has 0 radical (unpaired) electrons. The van der Waals surface area contributed by atoms with Crippen molar-refractivity contribution in [3.8, 4) is 0 Å². The molecule has 1 saturated carbocycles. The maximum Gasteiger partial charge on any atom is 0.323 e. The molecule has 1 aliphatic carbocycles. The van der Waals surface area contributed by atoms with Gasteiger partial charge in [-0.1, -0.05) is 12.1 Å². The minimum Gasteiger partial charge on any atom is -0.469 e. The normalized spacial score (nSPS) is 16.6. The van der Waals surface area contributed by atoms with E-state index in [4.69, 9.17) is 4.52 Å². The van der Waals surface area contributed by atoms with Crippen LogP contribution in [0.5, 0.6) is 0 Å². The smallest absolute Gasteiger partial charge is 0.323 e. The summed E-state index contributed by atoms with van der Waals surface area (Å²) in [6.07, 6.45) is 2.28. The van der Waals surface area contributed by atoms with Crippen LogP contribution in [0.4, 0.5) is 6.01 Å². The zero-order valence-corrected chi connectivity index (χ0v) is 10.3. The van der Waals surface area contributed by atoms with Gasteiger partial charge in [-0.25, -0.2) is 0 Å². The molecule has 1 aromatic rings. The van der Waals surface area contributed by atoms with Crippen LogP contribution in [0.1, 0.15) is 31.5 Å². The molecular weight excluding hydrogens is 222 g/mol. The van der Waals surface area contributed by atoms with Crippen molar-refractivity contribution in [3.05, 3.63) is 5.82 Å². The van der Waals surface area contributed by atoms with Crippen LogP contribution in [0.3, 0.4) is 0 Å². The quantitative estimate of drug-likeness (QED) is 0.719. The van der Waals surface area contributed by atoms with E-state index in [1.807, 2.05) is 7.05 Å². The number of aromatic nitrogens is 2. The number of nitrogens with zero attached hydrogens (tertiary/aromatic N) is 3. The first-order valence-corrected chi connectivity index (χ1v) is 5.74. The molecule has 1 unspecified atom stereocenters. The Morgan fingerprint density at radius 2 is 2.35 bits per heavy atom. The van der Waals surface area contributed by atoms with Gasteiger partial charge in [0, 0.05) is 19.5 Å². The number of hydrogen-bond acceptors (Lipinski definition) is 6. The van der Waals surface area contributed by atoms with Crippen molar-refractivity contribution in [3.63, 3.8) is 0 Å². The van der Waals surface area contributed by atoms with Gasteiger partial charge >= 0.3 is 12.0 Å². The number of esters is 1. The first-order chi connectivity index (χ1) is 8.11. The van der Waals surface area contributed by atoms with E-state index in [-0.39, 0.29) is 11.9 Å². The highest BCUT2D eigenvalue weighted by Gasteiger charge is 2.29. The Kier molecular flexibility index (Phi) is 3.31. The van der Waals surface area contributed by atoms with Crippen LogP contribution in [0.15, 0.2) is 4.52 Å². The highest BCUT2D eigenvalue weighted by Crippen LogP contribution is 2.38. The highest BCUT2D eigenvalue weighted by atomic mass is 16.5. The van der Waals surface area contributed by atoms with Gasteiger partial charge in [0.25, 0.3) is 0 Å². The average Bonchev–Trinajstić information content (AvgIpc) is 3.05. The van der Waals surface area contributed by atoms with Gasteiger partial charge < -0.3 is 14.2 Å². The molecule has 17 heavy (non-hydrogen) atoms. The molecule has 6 heteroatoms. The van der Waals surface area contributed by atoms with E-state index in [1.165, 1.54) is 7.11 Å². The Labute approximate surface area is 99.9 Å². The van der Waals surface area contributed by atoms with Crippen LogP contribution in [0.2, 0.25) is 0 Å². The van der Waals surface area contributed by atoms with Gasteiger partial charge in [0.15, 0.2) is 5.82 Å². The van der Waals surface area contributed by atoms with E-state index in [1.54, 1.807) is 11.8 Å². The van der Waals surface area contributed by atoms with Gasteiger partial charge in [0.2, 0.25) is 0 Å². The third-order valence-corrected chi connectivity index (χ3v) is 2.85. The Morgan fingerprint density at radius 1 is 1.65 bits per heavy atom. The SMILES string of the molecule is COC(=O)C(C)CN(C)c1nc(C2CC2)no1. The van der Waals surface area contributed by atoms with Crippen LogP contribution in [-0.2, 0) is 9.53 Å². The minimum absolute atomic E-state index is 0.221. The molecule has 1 aromatic heterocycles. The van der Waals surface area contributed by atoms with E-state index in [9.17, 15) is 4.79 Å². The predicted molar refractivity (Wildman–Crippen MR) is 60.7 cm³/mol. The summed E-state index contributed by atoms with van der Waals surface area (Å²) in [6.45, 7) is 2.31. The summed E-state index contributed by atoms with van der Waals surface area (Å²) in [4.78, 5) is 17.4. The van der Waals surface area contributed by atoms with E-state index in [0.717, 1.165) is 18.7 Å². The van der Waals surface area contributed by atoms with E-state index >= 15 is 0 Å². The van der Waals surface area contributed by atoms with E-state index < -0.39 is 0 Å². The molecule has 0 aliphatic heterocycles. The van der Waals surface area contributed by atoms with Crippen molar-refractivity contribution >= 4 is 12.0 Å². The largest absolute Gasteiger partial charge is 0.469 e. The summed E-state index contributed by atoms with van der Waals surface area (Å²) in [5, 5.41) is 3.93. The molecule has 0 saturated heterocycles. The van der Waals surface area contributed by atoms with Crippen molar-refractivity contribution in [1.82, 2.24) is 10.1 Å². The molecule has 0 spiro atoms. The number of rotatable bonds is 5. The number of carbonyl (C=O) groups excluding carboxylic acids is 1. The zero-order valence-electron chi connectivity index (χ0n) is 10.3. The van der Waals surface area contributed by atoms with Gasteiger partial charge in [0.1, 0.15) is 0 Å². The Morgan fingerprint density at radius 3 is 2.94 bits per heavy atom. The van der Waals surface area contributed by atoms with Crippen LogP contribution >= 0.6 is 0 Å². The monoisotopic (exact) mass is 239 g/mol. The number of anilines is 1. The first-order valence-electron chi connectivity index (χ1n) is 5.74. The van der Waals surface area contributed by atoms with Crippen molar-refractivity contribution in [2.75, 3.05) is 25.6 Å². The van der Waals surface area contributed by atoms with Gasteiger partial charge in [0.05, 0.1) is 13.0 Å². The third-order valence-electron chi connectivity index (χ3n) is 2.85. The molecule has 0 aromatic carbocycles. The summed E-state index contributed by atoms with van der Waals surface area (Å²) in [7, 11) is 3.21. The third kappa shape index (κ3) is 2.75. The molecule has 2 rings (SSSR count). The Bertz CT molecular complexity index is 400. The lowest BCUT2D eigenvalue weighted by Crippen LogP contribution is -2.29. The average molecular weight is 239 g/mol. The first kappa shape index (κ1) is 11.9. The molecule has 94 valence electrons. The summed E-state index contributed by atoms with van der Waals surface area (Å²) < 4.78 is 9.82. The predicted octanol–water partition coefficient (Wildman–Crippen LogP) is 1.19. The van der Waals surface area contributed by atoms with E-state index in [2.05, 4.69) is 14.9 Å². The van der Waals surface area contributed by atoms with Crippen LogP contribution in [0, 0.1) is 5.92 Å². The number of hydrogen-bond donors (Lipinski definition) is 0. The number of ether oxygens (including phenoxy) is 1. The molecule has 6 nitrogen and oxygen atoms in total. The van der Waals surface area contributed by atoms with Crippen molar-refractivity contribution in [2.45, 2.75) is 25.7 Å². The Balaban J connectivity index is 1.93. The lowest BCUT2D eigenvalue weighted by atomic mass is 10.2. The second-order valence-corrected chi connectivity index (χ2v) is 4.51. The minimum atomic E-state index is -0.237. The summed E-state index contributed by atoms with van der Waals surface area (Å²) >= 11 is 0. The number of carbonyl (C=O) groups is 1. The zero-order chi connectivity index (χ0) is 12.4. The van der Waals surface area contributed by atoms with E-state index in [0.29, 0.717) is 18.5 Å². The Hall–Kier alpha value is -1.59. The molecule has 0 bridgehead atoms. The fourth-order valence-electron chi connectivity index (χ4n) is 1.65. The van der Waals surface area contributed by atoms with Crippen molar-refractivity contribution in [1.29, 1.82) is 0 Å². The van der Waals surface area contributed by atoms with Gasteiger partial charge in [-0.3, -0.25) is 4.79 Å². The van der Waals surface area contributed by atoms with Crippen LogP contribution < -0.4 is 4.90 Å². The molecule has 0 amide bonds. The van der Waals surface area contributed by atoms with Gasteiger partial charge in [-0.05, 0) is 12.8 Å². The lowest BCUT2D eigenvalue weighted by molar-refractivity contribution is -0.144. The molecule has 0 N–H and O–H groups in total. The van der Waals surface area contributed by atoms with Crippen molar-refractivity contribution < 1.29 is 14.1 Å². The van der Waals surface area contributed by atoms with Crippen molar-refractivity contribution in [2.24, 2.45) is 5.92 Å². The fraction of sp³-hybridized carbons (Fsp3) is 0.727. The molecule has 1 heterocycles. The number of methoxy groups -OCH3 is 1. The summed E-state index contributed by atoms with van der Waals surface area (Å²) in [5.41, 5.74) is 0. The second-order valence-electron chi connectivity index (χ2n) is 4.51. The molecule has 1 fully saturated rings. The molecule has 1 aliphatic rings. The lowest BCUT2D eigenvalue weighted by Gasteiger charge is -2.17. The highest BCUT2D eigenvalue weighted by molar-refractivity contribution is 5.72. The van der Waals surface area contributed by atoms with Gasteiger partial charge in [-0.15, -0.1) is 0 Å². The van der Waals surface area contributed by atoms with Crippen LogP contribution in [0.25, 0.3) is 0 Å². The molecule has 1 atom stereocenters. The maximum absolute atomic E-state index is 11.3. The second kappa shape index (κ2) is 4.73. The van der Waals surface area contributed by atoms with Gasteiger partial charge in [-0.2, -0.15) is 4.98 Å². The maximum atomic E-state index is 11.3. The summed E-state index contributed by atoms with van der Waals surface area (Å²) in [5.74, 6) is 0.788. The molecular formula is C11H17N3O3. The van der Waals surface area contributed by atoms with Crippen LogP contribution in [-0.4, -0.2) is 36.8 Å². The topological polar surface area (TPSA) is 68.5 Å².